The Morgan fingerprint density at radius 3 is 2.36 bits per heavy atom. The highest BCUT2D eigenvalue weighted by Crippen LogP contribution is 2.23. The molecular weight excluding hydrogens is 422 g/mol. The average Bonchev–Trinajstić information content (AvgIpc) is 2.88. The summed E-state index contributed by atoms with van der Waals surface area (Å²) in [7, 11) is 1.57. The number of carbonyl (C=O) groups is 2. The van der Waals surface area contributed by atoms with Crippen LogP contribution in [0.4, 0.5) is 11.5 Å². The second kappa shape index (κ2) is 10.6. The van der Waals surface area contributed by atoms with E-state index in [1.54, 1.807) is 67.8 Å². The van der Waals surface area contributed by atoms with E-state index < -0.39 is 18.0 Å². The Kier molecular flexibility index (Phi) is 7.16. The number of hydrogen-bond donors (Lipinski definition) is 1. The number of nitrogens with one attached hydrogen (secondary N) is 1. The fourth-order valence-corrected chi connectivity index (χ4v) is 3.44. The minimum atomic E-state index is -1.13. The molecule has 3 aromatic rings. The van der Waals surface area contributed by atoms with Crippen LogP contribution in [0.2, 0.25) is 0 Å². The first kappa shape index (κ1) is 22.3. The van der Waals surface area contributed by atoms with Crippen molar-refractivity contribution in [2.45, 2.75) is 6.10 Å². The molecule has 0 radical (unpaired) electrons. The SMILES string of the molecule is COc1ccc(NC(=O)[C@H](OC(=O)c2ccc(N3CCOCC3)nc2)c2ccccc2)cc1. The molecule has 8 nitrogen and oxygen atoms in total. The van der Waals surface area contributed by atoms with E-state index >= 15 is 0 Å². The van der Waals surface area contributed by atoms with E-state index in [4.69, 9.17) is 14.2 Å². The topological polar surface area (TPSA) is 90.0 Å². The van der Waals surface area contributed by atoms with Crippen molar-refractivity contribution in [3.05, 3.63) is 84.1 Å². The molecule has 1 aliphatic heterocycles. The van der Waals surface area contributed by atoms with Gasteiger partial charge in [-0.2, -0.15) is 0 Å². The van der Waals surface area contributed by atoms with Crippen LogP contribution in [-0.2, 0) is 14.3 Å². The van der Waals surface area contributed by atoms with Crippen LogP contribution in [0.15, 0.2) is 72.9 Å². The van der Waals surface area contributed by atoms with Crippen LogP contribution >= 0.6 is 0 Å². The second-order valence-electron chi connectivity index (χ2n) is 7.42. The normalized spacial score (nSPS) is 14.3. The van der Waals surface area contributed by atoms with Gasteiger partial charge >= 0.3 is 5.97 Å². The first-order valence-corrected chi connectivity index (χ1v) is 10.6. The monoisotopic (exact) mass is 447 g/mol. The molecule has 8 heteroatoms. The maximum atomic E-state index is 13.0. The number of carbonyl (C=O) groups excluding carboxylic acids is 2. The highest BCUT2D eigenvalue weighted by molar-refractivity contribution is 5.98. The van der Waals surface area contributed by atoms with Gasteiger partial charge in [-0.3, -0.25) is 4.79 Å². The number of methoxy groups -OCH3 is 1. The van der Waals surface area contributed by atoms with Crippen LogP contribution in [0.5, 0.6) is 5.75 Å². The van der Waals surface area contributed by atoms with Gasteiger partial charge in [-0.25, -0.2) is 9.78 Å². The van der Waals surface area contributed by atoms with E-state index in [2.05, 4.69) is 15.2 Å². The molecule has 0 aliphatic carbocycles. The zero-order valence-electron chi connectivity index (χ0n) is 18.3. The molecular formula is C25H25N3O5. The molecule has 1 amide bonds. The van der Waals surface area contributed by atoms with Crippen molar-refractivity contribution in [3.8, 4) is 5.75 Å². The minimum absolute atomic E-state index is 0.269. The van der Waals surface area contributed by atoms with Crippen molar-refractivity contribution >= 4 is 23.4 Å². The molecule has 1 fully saturated rings. The summed E-state index contributed by atoms with van der Waals surface area (Å²) in [6.45, 7) is 2.79. The molecule has 2 heterocycles. The zero-order valence-corrected chi connectivity index (χ0v) is 18.3. The Morgan fingerprint density at radius 2 is 1.73 bits per heavy atom. The van der Waals surface area contributed by atoms with Gasteiger partial charge in [0.1, 0.15) is 11.6 Å². The summed E-state index contributed by atoms with van der Waals surface area (Å²) >= 11 is 0. The number of ether oxygens (including phenoxy) is 3. The quantitative estimate of drug-likeness (QED) is 0.555. The van der Waals surface area contributed by atoms with Crippen LogP contribution < -0.4 is 15.0 Å². The summed E-state index contributed by atoms with van der Waals surface area (Å²) in [5, 5.41) is 2.79. The number of pyridine rings is 1. The van der Waals surface area contributed by atoms with Crippen molar-refractivity contribution in [1.29, 1.82) is 0 Å². The molecule has 1 aliphatic rings. The largest absolute Gasteiger partial charge is 0.497 e. The van der Waals surface area contributed by atoms with Crippen LogP contribution in [0.3, 0.4) is 0 Å². The Labute approximate surface area is 192 Å². The molecule has 1 N–H and O–H groups in total. The van der Waals surface area contributed by atoms with Gasteiger partial charge in [0.05, 0.1) is 25.9 Å². The number of amides is 1. The minimum Gasteiger partial charge on any atom is -0.497 e. The van der Waals surface area contributed by atoms with Crippen LogP contribution in [0.25, 0.3) is 0 Å². The highest BCUT2D eigenvalue weighted by atomic mass is 16.5. The number of esters is 1. The van der Waals surface area contributed by atoms with E-state index in [9.17, 15) is 9.59 Å². The predicted molar refractivity (Wildman–Crippen MR) is 123 cm³/mol. The van der Waals surface area contributed by atoms with Crippen molar-refractivity contribution in [2.75, 3.05) is 43.6 Å². The smallest absolute Gasteiger partial charge is 0.340 e. The second-order valence-corrected chi connectivity index (χ2v) is 7.42. The molecule has 4 rings (SSSR count). The van der Waals surface area contributed by atoms with Gasteiger partial charge in [-0.15, -0.1) is 0 Å². The van der Waals surface area contributed by atoms with Crippen molar-refractivity contribution in [3.63, 3.8) is 0 Å². The molecule has 0 saturated carbocycles. The van der Waals surface area contributed by atoms with E-state index in [0.29, 0.717) is 30.2 Å². The Bertz CT molecular complexity index is 1070. The molecule has 33 heavy (non-hydrogen) atoms. The molecule has 1 aromatic heterocycles. The third-order valence-electron chi connectivity index (χ3n) is 5.24. The lowest BCUT2D eigenvalue weighted by Gasteiger charge is -2.27. The summed E-state index contributed by atoms with van der Waals surface area (Å²) in [5.41, 5.74) is 1.40. The lowest BCUT2D eigenvalue weighted by Crippen LogP contribution is -2.36. The average molecular weight is 447 g/mol. The van der Waals surface area contributed by atoms with Gasteiger partial charge < -0.3 is 24.4 Å². The molecule has 1 atom stereocenters. The lowest BCUT2D eigenvalue weighted by atomic mass is 10.1. The summed E-state index contributed by atoms with van der Waals surface area (Å²) in [6.07, 6.45) is 0.344. The van der Waals surface area contributed by atoms with Gasteiger partial charge in [0.25, 0.3) is 5.91 Å². The summed E-state index contributed by atoms with van der Waals surface area (Å²) in [6, 6.07) is 19.2. The Hall–Kier alpha value is -3.91. The number of benzene rings is 2. The van der Waals surface area contributed by atoms with E-state index in [-0.39, 0.29) is 5.56 Å². The number of rotatable bonds is 7. The fraction of sp³-hybridized carbons (Fsp3) is 0.240. The van der Waals surface area contributed by atoms with Crippen LogP contribution in [0.1, 0.15) is 22.0 Å². The zero-order chi connectivity index (χ0) is 23.0. The van der Waals surface area contributed by atoms with Gasteiger partial charge in [0.2, 0.25) is 6.10 Å². The van der Waals surface area contributed by atoms with E-state index in [1.165, 1.54) is 6.20 Å². The van der Waals surface area contributed by atoms with E-state index in [0.717, 1.165) is 18.9 Å². The van der Waals surface area contributed by atoms with Crippen molar-refractivity contribution in [2.24, 2.45) is 0 Å². The van der Waals surface area contributed by atoms with Crippen molar-refractivity contribution < 1.29 is 23.8 Å². The molecule has 170 valence electrons. The number of morpholine rings is 1. The van der Waals surface area contributed by atoms with Gasteiger partial charge in [0, 0.05) is 30.5 Å². The van der Waals surface area contributed by atoms with E-state index in [1.807, 2.05) is 6.07 Å². The maximum absolute atomic E-state index is 13.0. The summed E-state index contributed by atoms with van der Waals surface area (Å²) in [5.74, 6) is 0.353. The molecule has 0 spiro atoms. The molecule has 0 bridgehead atoms. The third-order valence-corrected chi connectivity index (χ3v) is 5.24. The third kappa shape index (κ3) is 5.67. The van der Waals surface area contributed by atoms with Gasteiger partial charge in [-0.05, 0) is 36.4 Å². The Morgan fingerprint density at radius 1 is 1.00 bits per heavy atom. The number of nitrogens with zero attached hydrogens (tertiary/aromatic N) is 2. The molecule has 0 unspecified atom stereocenters. The van der Waals surface area contributed by atoms with Gasteiger partial charge in [0.15, 0.2) is 0 Å². The maximum Gasteiger partial charge on any atom is 0.340 e. The number of anilines is 2. The summed E-state index contributed by atoms with van der Waals surface area (Å²) in [4.78, 5) is 32.4. The lowest BCUT2D eigenvalue weighted by molar-refractivity contribution is -0.125. The van der Waals surface area contributed by atoms with Crippen LogP contribution in [0, 0.1) is 0 Å². The highest BCUT2D eigenvalue weighted by Gasteiger charge is 2.26. The fourth-order valence-electron chi connectivity index (χ4n) is 3.44. The van der Waals surface area contributed by atoms with Crippen molar-refractivity contribution in [1.82, 2.24) is 4.98 Å². The molecule has 2 aromatic carbocycles. The van der Waals surface area contributed by atoms with Gasteiger partial charge in [-0.1, -0.05) is 30.3 Å². The summed E-state index contributed by atoms with van der Waals surface area (Å²) < 4.78 is 16.1. The first-order valence-electron chi connectivity index (χ1n) is 10.6. The number of aromatic nitrogens is 1. The standard InChI is InChI=1S/C25H25N3O5/c1-31-21-10-8-20(9-11-21)27-24(29)23(18-5-3-2-4-6-18)33-25(30)19-7-12-22(26-17-19)28-13-15-32-16-14-28/h2-12,17,23H,13-16H2,1H3,(H,27,29)/t23-/m1/s1. The number of hydrogen-bond acceptors (Lipinski definition) is 7. The molecule has 1 saturated heterocycles. The predicted octanol–water partition coefficient (Wildman–Crippen LogP) is 3.46. The first-order chi connectivity index (χ1) is 16.1. The Balaban J connectivity index is 1.48. The van der Waals surface area contributed by atoms with Crippen LogP contribution in [-0.4, -0.2) is 50.3 Å².